The topological polar surface area (TPSA) is 24.9 Å². The molecule has 124 valence electrons. The van der Waals surface area contributed by atoms with Crippen molar-refractivity contribution >= 4 is 50.5 Å². The normalized spacial score (nSPS) is 11.0. The highest BCUT2D eigenvalue weighted by atomic mass is 79.9. The molecule has 0 amide bonds. The Labute approximate surface area is 164 Å². The van der Waals surface area contributed by atoms with Gasteiger partial charge in [-0.3, -0.25) is 0 Å². The lowest BCUT2D eigenvalue weighted by molar-refractivity contribution is 0.684. The molecule has 1 heterocycles. The van der Waals surface area contributed by atoms with Crippen LogP contribution in [-0.4, -0.2) is 11.5 Å². The molecule has 0 aliphatic carbocycles. The van der Waals surface area contributed by atoms with Crippen LogP contribution >= 0.6 is 50.5 Å². The molecule has 0 aliphatic heterocycles. The highest BCUT2D eigenvalue weighted by molar-refractivity contribution is 9.10. The summed E-state index contributed by atoms with van der Waals surface area (Å²) in [6, 6.07) is 13.9. The zero-order chi connectivity index (χ0) is 16.9. The summed E-state index contributed by atoms with van der Waals surface area (Å²) in [7, 11) is 0. The second kappa shape index (κ2) is 8.45. The van der Waals surface area contributed by atoms with Crippen LogP contribution in [0, 0.1) is 0 Å². The molecule has 0 saturated heterocycles. The van der Waals surface area contributed by atoms with Gasteiger partial charge in [-0.15, -0.1) is 11.3 Å². The molecule has 0 saturated carbocycles. The molecule has 3 rings (SSSR count). The molecule has 0 fully saturated rings. The van der Waals surface area contributed by atoms with E-state index in [0.29, 0.717) is 5.02 Å². The highest BCUT2D eigenvalue weighted by Crippen LogP contribution is 2.28. The van der Waals surface area contributed by atoms with E-state index in [1.165, 1.54) is 10.4 Å². The Bertz CT molecular complexity index is 835. The molecule has 0 radical (unpaired) electrons. The maximum atomic E-state index is 6.18. The summed E-state index contributed by atoms with van der Waals surface area (Å²) >= 11 is 17.3. The van der Waals surface area contributed by atoms with Gasteiger partial charge in [0.2, 0.25) is 0 Å². The lowest BCUT2D eigenvalue weighted by Gasteiger charge is -2.05. The van der Waals surface area contributed by atoms with E-state index in [-0.39, 0.29) is 0 Å². The largest absolute Gasteiger partial charge is 0.310 e. The van der Waals surface area contributed by atoms with Gasteiger partial charge in [0.1, 0.15) is 5.01 Å². The molecule has 0 spiro atoms. The van der Waals surface area contributed by atoms with Crippen molar-refractivity contribution in [1.82, 2.24) is 10.3 Å². The quantitative estimate of drug-likeness (QED) is 0.459. The van der Waals surface area contributed by atoms with E-state index in [9.17, 15) is 0 Å². The molecule has 2 aromatic carbocycles. The summed E-state index contributed by atoms with van der Waals surface area (Å²) in [5.41, 5.74) is 2.28. The molecule has 6 heteroatoms. The lowest BCUT2D eigenvalue weighted by Crippen LogP contribution is -2.16. The molecule has 3 aromatic rings. The highest BCUT2D eigenvalue weighted by Gasteiger charge is 2.05. The predicted molar refractivity (Wildman–Crippen MR) is 107 cm³/mol. The summed E-state index contributed by atoms with van der Waals surface area (Å²) in [6.45, 7) is 1.59. The van der Waals surface area contributed by atoms with E-state index < -0.39 is 0 Å². The van der Waals surface area contributed by atoms with Crippen molar-refractivity contribution in [3.63, 3.8) is 0 Å². The van der Waals surface area contributed by atoms with Crippen molar-refractivity contribution in [2.24, 2.45) is 0 Å². The molecular weight excluding hydrogens is 427 g/mol. The number of halogens is 3. The molecular formula is C18H15BrCl2N2S. The van der Waals surface area contributed by atoms with Crippen LogP contribution < -0.4 is 5.32 Å². The van der Waals surface area contributed by atoms with Gasteiger partial charge in [-0.05, 0) is 48.4 Å². The number of hydrogen-bond donors (Lipinski definition) is 1. The fourth-order valence-electron chi connectivity index (χ4n) is 2.31. The average molecular weight is 442 g/mol. The second-order valence-corrected chi connectivity index (χ2v) is 8.17. The Morgan fingerprint density at radius 1 is 1.12 bits per heavy atom. The van der Waals surface area contributed by atoms with Crippen LogP contribution in [0.15, 0.2) is 53.1 Å². The number of nitrogens with one attached hydrogen (secondary N) is 1. The number of benzene rings is 2. The average Bonchev–Trinajstić information content (AvgIpc) is 3.02. The van der Waals surface area contributed by atoms with Crippen molar-refractivity contribution in [1.29, 1.82) is 0 Å². The van der Waals surface area contributed by atoms with Crippen molar-refractivity contribution < 1.29 is 0 Å². The van der Waals surface area contributed by atoms with Gasteiger partial charge in [-0.2, -0.15) is 0 Å². The van der Waals surface area contributed by atoms with Crippen LogP contribution in [-0.2, 0) is 13.0 Å². The van der Waals surface area contributed by atoms with E-state index in [1.807, 2.05) is 30.5 Å². The summed E-state index contributed by atoms with van der Waals surface area (Å²) in [4.78, 5) is 5.67. The summed E-state index contributed by atoms with van der Waals surface area (Å²) < 4.78 is 1.08. The summed E-state index contributed by atoms with van der Waals surface area (Å²) in [5, 5.41) is 5.88. The Balaban J connectivity index is 1.52. The van der Waals surface area contributed by atoms with Crippen LogP contribution in [0.1, 0.15) is 10.6 Å². The van der Waals surface area contributed by atoms with Crippen LogP contribution in [0.4, 0.5) is 0 Å². The van der Waals surface area contributed by atoms with Gasteiger partial charge < -0.3 is 5.32 Å². The third-order valence-corrected chi connectivity index (χ3v) is 5.65. The zero-order valence-corrected chi connectivity index (χ0v) is 16.6. The molecule has 2 nitrogen and oxygen atoms in total. The van der Waals surface area contributed by atoms with Gasteiger partial charge in [-0.1, -0.05) is 57.3 Å². The minimum absolute atomic E-state index is 0.666. The first-order chi connectivity index (χ1) is 11.6. The number of rotatable bonds is 6. The SMILES string of the molecule is Clc1ccc(CCNCc2ncc(-c3cccc(Br)c3)s2)c(Cl)c1. The van der Waals surface area contributed by atoms with Gasteiger partial charge in [-0.25, -0.2) is 4.98 Å². The standard InChI is InChI=1S/C18H15BrCl2N2S/c19-14-3-1-2-13(8-14)17-10-23-18(24-17)11-22-7-6-12-4-5-15(20)9-16(12)21/h1-5,8-10,22H,6-7,11H2. The van der Waals surface area contributed by atoms with Crippen LogP contribution in [0.2, 0.25) is 10.0 Å². The maximum Gasteiger partial charge on any atom is 0.107 e. The Morgan fingerprint density at radius 2 is 2.00 bits per heavy atom. The van der Waals surface area contributed by atoms with Gasteiger partial charge >= 0.3 is 0 Å². The van der Waals surface area contributed by atoms with Crippen LogP contribution in [0.5, 0.6) is 0 Å². The van der Waals surface area contributed by atoms with E-state index in [4.69, 9.17) is 23.2 Å². The monoisotopic (exact) mass is 440 g/mol. The van der Waals surface area contributed by atoms with Gasteiger partial charge in [0, 0.05) is 27.3 Å². The Morgan fingerprint density at radius 3 is 2.79 bits per heavy atom. The Kier molecular flexibility index (Phi) is 6.31. The van der Waals surface area contributed by atoms with Gasteiger partial charge in [0.05, 0.1) is 4.88 Å². The third-order valence-electron chi connectivity index (χ3n) is 3.53. The molecule has 0 unspecified atom stereocenters. The molecule has 1 aromatic heterocycles. The first kappa shape index (κ1) is 17.9. The number of aromatic nitrogens is 1. The number of hydrogen-bond acceptors (Lipinski definition) is 3. The molecule has 0 bridgehead atoms. The minimum Gasteiger partial charge on any atom is -0.310 e. The second-order valence-electron chi connectivity index (χ2n) is 5.29. The van der Waals surface area contributed by atoms with E-state index >= 15 is 0 Å². The third kappa shape index (κ3) is 4.80. The van der Waals surface area contributed by atoms with Crippen LogP contribution in [0.25, 0.3) is 10.4 Å². The van der Waals surface area contributed by atoms with Crippen molar-refractivity contribution in [3.05, 3.63) is 73.8 Å². The maximum absolute atomic E-state index is 6.18. The lowest BCUT2D eigenvalue weighted by atomic mass is 10.1. The van der Waals surface area contributed by atoms with Crippen LogP contribution in [0.3, 0.4) is 0 Å². The molecule has 24 heavy (non-hydrogen) atoms. The van der Waals surface area contributed by atoms with E-state index in [0.717, 1.165) is 39.6 Å². The molecule has 0 aliphatic rings. The van der Waals surface area contributed by atoms with E-state index in [2.05, 4.69) is 38.4 Å². The first-order valence-electron chi connectivity index (χ1n) is 7.47. The zero-order valence-electron chi connectivity index (χ0n) is 12.7. The van der Waals surface area contributed by atoms with Crippen molar-refractivity contribution in [2.45, 2.75) is 13.0 Å². The van der Waals surface area contributed by atoms with E-state index in [1.54, 1.807) is 17.4 Å². The minimum atomic E-state index is 0.666. The number of nitrogens with zero attached hydrogens (tertiary/aromatic N) is 1. The Hall–Kier alpha value is -0.910. The van der Waals surface area contributed by atoms with Crippen molar-refractivity contribution in [2.75, 3.05) is 6.54 Å². The van der Waals surface area contributed by atoms with Gasteiger partial charge in [0.25, 0.3) is 0 Å². The predicted octanol–water partition coefficient (Wildman–Crippen LogP) is 6.21. The number of thiazole rings is 1. The fourth-order valence-corrected chi connectivity index (χ4v) is 4.10. The van der Waals surface area contributed by atoms with Gasteiger partial charge in [0.15, 0.2) is 0 Å². The van der Waals surface area contributed by atoms with Crippen molar-refractivity contribution in [3.8, 4) is 10.4 Å². The smallest absolute Gasteiger partial charge is 0.107 e. The molecule has 1 N–H and O–H groups in total. The summed E-state index contributed by atoms with van der Waals surface area (Å²) in [5.74, 6) is 0. The first-order valence-corrected chi connectivity index (χ1v) is 9.83. The fraction of sp³-hybridized carbons (Fsp3) is 0.167. The molecule has 0 atom stereocenters. The summed E-state index contributed by atoms with van der Waals surface area (Å²) in [6.07, 6.45) is 2.79.